The van der Waals surface area contributed by atoms with Crippen LogP contribution in [-0.4, -0.2) is 47.4 Å². The molecule has 0 saturated carbocycles. The normalized spacial score (nSPS) is 24.7. The first kappa shape index (κ1) is 18.8. The summed E-state index contributed by atoms with van der Waals surface area (Å²) in [6.45, 7) is 5.45. The smallest absolute Gasteiger partial charge is 0.251 e. The summed E-state index contributed by atoms with van der Waals surface area (Å²) in [5.41, 5.74) is 5.00. The lowest BCUT2D eigenvalue weighted by Crippen LogP contribution is -2.52. The Kier molecular flexibility index (Phi) is 5.38. The molecule has 3 heterocycles. The first-order valence-electron chi connectivity index (χ1n) is 11.2. The van der Waals surface area contributed by atoms with Crippen LogP contribution in [0, 0.1) is 0 Å². The van der Waals surface area contributed by atoms with Crippen LogP contribution in [0.3, 0.4) is 0 Å². The standard InChI is InChI=1S/C25H31N3O/c29-25(26-23-7-3-14-28-15-4-8-24(23)28)21-11-9-19(10-12-21)17-27-16-13-20-5-1-2-6-22(20)18-27/h1-2,5-6,9-12,23-24H,3-4,7-8,13-18H2,(H,26,29)/t23-,24-/m0/s1. The van der Waals surface area contributed by atoms with Crippen molar-refractivity contribution in [2.45, 2.75) is 57.3 Å². The van der Waals surface area contributed by atoms with Crippen LogP contribution < -0.4 is 5.32 Å². The van der Waals surface area contributed by atoms with E-state index in [9.17, 15) is 4.79 Å². The molecule has 4 heteroatoms. The Morgan fingerprint density at radius 1 is 0.931 bits per heavy atom. The number of fused-ring (bicyclic) bond motifs is 2. The van der Waals surface area contributed by atoms with Gasteiger partial charge in [-0.25, -0.2) is 0 Å². The predicted octanol–water partition coefficient (Wildman–Crippen LogP) is 3.60. The van der Waals surface area contributed by atoms with Gasteiger partial charge in [0.25, 0.3) is 5.91 Å². The monoisotopic (exact) mass is 389 g/mol. The van der Waals surface area contributed by atoms with Gasteiger partial charge in [-0.1, -0.05) is 36.4 Å². The van der Waals surface area contributed by atoms with Crippen molar-refractivity contribution >= 4 is 5.91 Å². The fraction of sp³-hybridized carbons (Fsp3) is 0.480. The molecule has 2 saturated heterocycles. The Morgan fingerprint density at radius 3 is 2.52 bits per heavy atom. The first-order valence-corrected chi connectivity index (χ1v) is 11.2. The molecule has 0 aromatic heterocycles. The summed E-state index contributed by atoms with van der Waals surface area (Å²) in [7, 11) is 0. The predicted molar refractivity (Wildman–Crippen MR) is 116 cm³/mol. The molecule has 0 spiro atoms. The molecule has 0 unspecified atom stereocenters. The number of nitrogens with one attached hydrogen (secondary N) is 1. The van der Waals surface area contributed by atoms with Crippen molar-refractivity contribution in [1.29, 1.82) is 0 Å². The van der Waals surface area contributed by atoms with Crippen molar-refractivity contribution in [3.05, 3.63) is 70.8 Å². The van der Waals surface area contributed by atoms with Gasteiger partial charge in [0.05, 0.1) is 0 Å². The highest BCUT2D eigenvalue weighted by atomic mass is 16.1. The molecule has 2 aromatic carbocycles. The van der Waals surface area contributed by atoms with Crippen LogP contribution in [0.5, 0.6) is 0 Å². The summed E-state index contributed by atoms with van der Waals surface area (Å²) in [6, 6.07) is 17.9. The highest BCUT2D eigenvalue weighted by molar-refractivity contribution is 5.94. The number of carbonyl (C=O) groups is 1. The number of hydrogen-bond acceptors (Lipinski definition) is 3. The number of rotatable bonds is 4. The van der Waals surface area contributed by atoms with Crippen molar-refractivity contribution in [2.24, 2.45) is 0 Å². The van der Waals surface area contributed by atoms with Gasteiger partial charge in [-0.05, 0) is 74.0 Å². The van der Waals surface area contributed by atoms with Crippen molar-refractivity contribution in [1.82, 2.24) is 15.1 Å². The van der Waals surface area contributed by atoms with E-state index >= 15 is 0 Å². The number of piperidine rings is 1. The highest BCUT2D eigenvalue weighted by Gasteiger charge is 2.35. The third-order valence-corrected chi connectivity index (χ3v) is 6.99. The molecule has 4 nitrogen and oxygen atoms in total. The second kappa shape index (κ2) is 8.29. The lowest BCUT2D eigenvalue weighted by Gasteiger charge is -2.37. The average Bonchev–Trinajstić information content (AvgIpc) is 3.24. The van der Waals surface area contributed by atoms with E-state index in [1.807, 2.05) is 12.1 Å². The van der Waals surface area contributed by atoms with Gasteiger partial charge in [-0.3, -0.25) is 14.6 Å². The topological polar surface area (TPSA) is 35.6 Å². The molecule has 152 valence electrons. The van der Waals surface area contributed by atoms with E-state index in [1.165, 1.54) is 49.0 Å². The quantitative estimate of drug-likeness (QED) is 0.868. The molecule has 3 aliphatic rings. The molecule has 1 N–H and O–H groups in total. The summed E-state index contributed by atoms with van der Waals surface area (Å²) < 4.78 is 0. The molecule has 0 radical (unpaired) electrons. The van der Waals surface area contributed by atoms with Crippen molar-refractivity contribution in [3.8, 4) is 0 Å². The average molecular weight is 390 g/mol. The zero-order valence-corrected chi connectivity index (χ0v) is 17.1. The molecule has 2 aromatic rings. The van der Waals surface area contributed by atoms with Gasteiger partial charge in [-0.2, -0.15) is 0 Å². The SMILES string of the molecule is O=C(N[C@H]1CCCN2CCC[C@@H]12)c1ccc(CN2CCc3ccccc3C2)cc1. The maximum atomic E-state index is 12.8. The number of hydrogen-bond donors (Lipinski definition) is 1. The zero-order valence-electron chi connectivity index (χ0n) is 17.1. The third kappa shape index (κ3) is 4.10. The molecular weight excluding hydrogens is 358 g/mol. The van der Waals surface area contributed by atoms with Crippen molar-refractivity contribution in [2.75, 3.05) is 19.6 Å². The van der Waals surface area contributed by atoms with Gasteiger partial charge in [-0.15, -0.1) is 0 Å². The summed E-state index contributed by atoms with van der Waals surface area (Å²) in [6.07, 6.45) is 5.92. The number of carbonyl (C=O) groups excluding carboxylic acids is 1. The molecule has 29 heavy (non-hydrogen) atoms. The molecule has 1 amide bonds. The summed E-state index contributed by atoms with van der Waals surface area (Å²) in [5, 5.41) is 3.33. The van der Waals surface area contributed by atoms with E-state index in [4.69, 9.17) is 0 Å². The molecular formula is C25H31N3O. The molecule has 2 atom stereocenters. The lowest BCUT2D eigenvalue weighted by molar-refractivity contribution is 0.0868. The fourth-order valence-corrected chi connectivity index (χ4v) is 5.42. The number of amides is 1. The van der Waals surface area contributed by atoms with Crippen LogP contribution in [0.15, 0.2) is 48.5 Å². The van der Waals surface area contributed by atoms with E-state index < -0.39 is 0 Å². The first-order chi connectivity index (χ1) is 14.3. The largest absolute Gasteiger partial charge is 0.348 e. The van der Waals surface area contributed by atoms with Crippen molar-refractivity contribution in [3.63, 3.8) is 0 Å². The van der Waals surface area contributed by atoms with Crippen LogP contribution in [0.25, 0.3) is 0 Å². The van der Waals surface area contributed by atoms with E-state index in [1.54, 1.807) is 0 Å². The second-order valence-electron chi connectivity index (χ2n) is 8.89. The molecule has 5 rings (SSSR count). The molecule has 3 aliphatic heterocycles. The van der Waals surface area contributed by atoms with Gasteiger partial charge < -0.3 is 5.32 Å². The van der Waals surface area contributed by atoms with E-state index in [0.717, 1.165) is 38.0 Å². The van der Waals surface area contributed by atoms with E-state index in [0.29, 0.717) is 12.1 Å². The Bertz CT molecular complexity index is 863. The summed E-state index contributed by atoms with van der Waals surface area (Å²) >= 11 is 0. The second-order valence-corrected chi connectivity index (χ2v) is 8.89. The van der Waals surface area contributed by atoms with Gasteiger partial charge in [0.2, 0.25) is 0 Å². The lowest BCUT2D eigenvalue weighted by atomic mass is 9.96. The Balaban J connectivity index is 1.19. The highest BCUT2D eigenvalue weighted by Crippen LogP contribution is 2.27. The minimum absolute atomic E-state index is 0.0854. The van der Waals surface area contributed by atoms with Crippen LogP contribution in [0.2, 0.25) is 0 Å². The van der Waals surface area contributed by atoms with Crippen LogP contribution >= 0.6 is 0 Å². The van der Waals surface area contributed by atoms with E-state index in [2.05, 4.69) is 51.5 Å². The van der Waals surface area contributed by atoms with E-state index in [-0.39, 0.29) is 5.91 Å². The maximum Gasteiger partial charge on any atom is 0.251 e. The Hall–Kier alpha value is -2.17. The summed E-state index contributed by atoms with van der Waals surface area (Å²) in [5.74, 6) is 0.0854. The third-order valence-electron chi connectivity index (χ3n) is 6.99. The Morgan fingerprint density at radius 2 is 1.69 bits per heavy atom. The number of nitrogens with zero attached hydrogens (tertiary/aromatic N) is 2. The summed E-state index contributed by atoms with van der Waals surface area (Å²) in [4.78, 5) is 17.9. The zero-order chi connectivity index (χ0) is 19.6. The Labute approximate surface area is 173 Å². The minimum Gasteiger partial charge on any atom is -0.348 e. The maximum absolute atomic E-state index is 12.8. The van der Waals surface area contributed by atoms with Crippen molar-refractivity contribution < 1.29 is 4.79 Å². The minimum atomic E-state index is 0.0854. The molecule has 2 fully saturated rings. The van der Waals surface area contributed by atoms with Gasteiger partial charge in [0.1, 0.15) is 0 Å². The van der Waals surface area contributed by atoms with Crippen LogP contribution in [-0.2, 0) is 19.5 Å². The van der Waals surface area contributed by atoms with Gasteiger partial charge in [0.15, 0.2) is 0 Å². The van der Waals surface area contributed by atoms with Gasteiger partial charge in [0, 0.05) is 37.3 Å². The van der Waals surface area contributed by atoms with Crippen LogP contribution in [0.1, 0.15) is 52.7 Å². The van der Waals surface area contributed by atoms with Crippen LogP contribution in [0.4, 0.5) is 0 Å². The molecule has 0 aliphatic carbocycles. The number of benzene rings is 2. The molecule has 0 bridgehead atoms. The fourth-order valence-electron chi connectivity index (χ4n) is 5.42. The van der Waals surface area contributed by atoms with Gasteiger partial charge >= 0.3 is 0 Å².